The molecule has 18 atom stereocenters. The zero-order valence-corrected chi connectivity index (χ0v) is 46.2. The predicted molar refractivity (Wildman–Crippen MR) is 255 cm³/mol. The first-order valence-electron chi connectivity index (χ1n) is 23.9. The minimum absolute atomic E-state index is 0.0346. The number of oxime groups is 1. The second kappa shape index (κ2) is 22.3. The third-order valence-electron chi connectivity index (χ3n) is 13.6. The summed E-state index contributed by atoms with van der Waals surface area (Å²) in [5.74, 6) is -5.02. The Bertz CT molecular complexity index is 1550. The zero-order valence-electron chi connectivity index (χ0n) is 44.2. The molecule has 3 heterocycles. The fourth-order valence-corrected chi connectivity index (χ4v) is 12.2. The molecule has 65 heavy (non-hydrogen) atoms. The molecule has 0 spiro atoms. The van der Waals surface area contributed by atoms with Gasteiger partial charge < -0.3 is 67.1 Å². The molecule has 16 nitrogen and oxygen atoms in total. The lowest BCUT2D eigenvalue weighted by atomic mass is 9.73. The minimum Gasteiger partial charge on any atom is -0.459 e. The molecule has 3 N–H and O–H groups in total. The standard InChI is InChI=1S/C47H92N2O14Si2/c1-23-34-47(12,53)39(50)29(4)36(48-63-44(8,9)54-15)27(2)25-45(10,52)40(60-43-38(61-64(17,18)19)33(49(13)14)24-28(3)56-43)30(5)37(31(6)42(51)58-34)59-35-26-46(11,55-16)41(32(7)57-35)62-65(20,21)22/h27-35,37-41,43,50,52-53H,23-26H2,1-22H3/t27-,28-,29+,30+,31-,32+,33+,34-,35+,37+,38-,39-,40-,41+,43+,45-,46-,47-/m1/s1. The lowest BCUT2D eigenvalue weighted by molar-refractivity contribution is -0.315. The summed E-state index contributed by atoms with van der Waals surface area (Å²) in [7, 11) is 2.90. The highest BCUT2D eigenvalue weighted by Gasteiger charge is 2.55. The van der Waals surface area contributed by atoms with E-state index < -0.39 is 124 Å². The van der Waals surface area contributed by atoms with Crippen molar-refractivity contribution in [2.75, 3.05) is 28.3 Å². The number of aliphatic hydroxyl groups is 3. The van der Waals surface area contributed by atoms with Crippen LogP contribution in [0.3, 0.4) is 0 Å². The lowest BCUT2D eigenvalue weighted by Gasteiger charge is -2.51. The quantitative estimate of drug-likeness (QED) is 0.0724. The highest BCUT2D eigenvalue weighted by atomic mass is 28.4. The second-order valence-electron chi connectivity index (χ2n) is 22.7. The molecule has 18 heteroatoms. The van der Waals surface area contributed by atoms with Gasteiger partial charge >= 0.3 is 5.97 Å². The van der Waals surface area contributed by atoms with E-state index in [1.165, 1.54) is 14.0 Å². The Morgan fingerprint density at radius 1 is 0.846 bits per heavy atom. The largest absolute Gasteiger partial charge is 0.459 e. The van der Waals surface area contributed by atoms with Crippen LogP contribution in [-0.4, -0.2) is 167 Å². The van der Waals surface area contributed by atoms with Crippen molar-refractivity contribution in [3.8, 4) is 0 Å². The average molecular weight is 965 g/mol. The van der Waals surface area contributed by atoms with Crippen LogP contribution in [-0.2, 0) is 51.6 Å². The van der Waals surface area contributed by atoms with E-state index in [2.05, 4.69) is 49.3 Å². The number of ether oxygens (including phenoxy) is 7. The number of nitrogens with zero attached hydrogens (tertiary/aromatic N) is 2. The van der Waals surface area contributed by atoms with Crippen molar-refractivity contribution in [3.05, 3.63) is 0 Å². The second-order valence-corrected chi connectivity index (χ2v) is 31.6. The van der Waals surface area contributed by atoms with Gasteiger partial charge in [-0.15, -0.1) is 0 Å². The molecule has 3 aliphatic heterocycles. The van der Waals surface area contributed by atoms with Crippen molar-refractivity contribution in [3.63, 3.8) is 0 Å². The van der Waals surface area contributed by atoms with Gasteiger partial charge in [-0.05, 0) is 114 Å². The summed E-state index contributed by atoms with van der Waals surface area (Å²) in [6.07, 6.45) is -6.97. The number of likely N-dealkylation sites (N-methyl/N-ethyl adjacent to an activating group) is 1. The van der Waals surface area contributed by atoms with Crippen molar-refractivity contribution < 1.29 is 67.0 Å². The molecule has 0 aromatic rings. The summed E-state index contributed by atoms with van der Waals surface area (Å²) in [6.45, 7) is 34.2. The van der Waals surface area contributed by atoms with Crippen molar-refractivity contribution in [1.82, 2.24) is 4.90 Å². The molecular formula is C47H92N2O14Si2. The summed E-state index contributed by atoms with van der Waals surface area (Å²) >= 11 is 0. The summed E-state index contributed by atoms with van der Waals surface area (Å²) < 4.78 is 59.1. The highest BCUT2D eigenvalue weighted by molar-refractivity contribution is 6.70. The Morgan fingerprint density at radius 3 is 1.94 bits per heavy atom. The zero-order chi connectivity index (χ0) is 50.0. The predicted octanol–water partition coefficient (Wildman–Crippen LogP) is 6.69. The Labute approximate surface area is 394 Å². The van der Waals surface area contributed by atoms with E-state index in [-0.39, 0.29) is 31.4 Å². The maximum atomic E-state index is 14.7. The van der Waals surface area contributed by atoms with Crippen LogP contribution in [0.1, 0.15) is 109 Å². The van der Waals surface area contributed by atoms with Gasteiger partial charge in [-0.3, -0.25) is 4.79 Å². The van der Waals surface area contributed by atoms with E-state index in [1.54, 1.807) is 48.7 Å². The molecule has 3 saturated heterocycles. The first-order valence-corrected chi connectivity index (χ1v) is 30.7. The number of esters is 1. The monoisotopic (exact) mass is 965 g/mol. The molecule has 0 aliphatic carbocycles. The third-order valence-corrected chi connectivity index (χ3v) is 15.6. The van der Waals surface area contributed by atoms with Gasteiger partial charge in [0, 0.05) is 58.3 Å². The van der Waals surface area contributed by atoms with Gasteiger partial charge in [0.15, 0.2) is 29.2 Å². The van der Waals surface area contributed by atoms with Crippen molar-refractivity contribution in [2.45, 2.75) is 238 Å². The fraction of sp³-hybridized carbons (Fsp3) is 0.957. The molecule has 3 aliphatic rings. The summed E-state index contributed by atoms with van der Waals surface area (Å²) in [6, 6.07) is -0.0783. The van der Waals surface area contributed by atoms with E-state index in [9.17, 15) is 20.1 Å². The SMILES string of the molecule is CC[C@H]1OC(=O)[C@H](C)[C@@H](O[C@H]2C[C@@](C)(OC)[C@@H](O[Si](C)(C)C)[C@H](C)O2)[C@H](C)[C@@H](O[C@@H]2O[C@H](C)C[C@H](N(C)C)[C@H]2O[Si](C)(C)C)[C@](C)(O)C[C@@H](C)C(=NOC(C)(C)OC)[C@H](C)[C@@H](O)[C@]1(C)O. The maximum absolute atomic E-state index is 14.7. The maximum Gasteiger partial charge on any atom is 0.311 e. The molecule has 0 aromatic heterocycles. The molecule has 0 amide bonds. The molecule has 0 unspecified atom stereocenters. The van der Waals surface area contributed by atoms with Crippen LogP contribution in [0.2, 0.25) is 39.3 Å². The number of carbonyl (C=O) groups excluding carboxylic acids is 1. The first-order chi connectivity index (χ1) is 29.5. The molecular weight excluding hydrogens is 873 g/mol. The number of rotatable bonds is 14. The summed E-state index contributed by atoms with van der Waals surface area (Å²) in [4.78, 5) is 22.8. The smallest absolute Gasteiger partial charge is 0.311 e. The first kappa shape index (κ1) is 58.2. The van der Waals surface area contributed by atoms with Gasteiger partial charge in [-0.25, -0.2) is 0 Å². The molecule has 3 rings (SSSR count). The van der Waals surface area contributed by atoms with Crippen LogP contribution in [0.15, 0.2) is 5.16 Å². The van der Waals surface area contributed by atoms with Gasteiger partial charge in [0.1, 0.15) is 17.8 Å². The van der Waals surface area contributed by atoms with Crippen LogP contribution in [0.25, 0.3) is 0 Å². The number of methoxy groups -OCH3 is 2. The van der Waals surface area contributed by atoms with Crippen molar-refractivity contribution >= 4 is 28.3 Å². The average Bonchev–Trinajstić information content (AvgIpc) is 3.17. The fourth-order valence-electron chi connectivity index (χ4n) is 9.90. The van der Waals surface area contributed by atoms with E-state index in [0.717, 1.165) is 0 Å². The third kappa shape index (κ3) is 15.0. The number of aliphatic hydroxyl groups excluding tert-OH is 1. The minimum atomic E-state index is -2.22. The van der Waals surface area contributed by atoms with Gasteiger partial charge in [-0.2, -0.15) is 0 Å². The number of cyclic esters (lactones) is 1. The summed E-state index contributed by atoms with van der Waals surface area (Å²) in [5, 5.41) is 42.0. The van der Waals surface area contributed by atoms with E-state index >= 15 is 0 Å². The topological polar surface area (TPSA) is 186 Å². The number of hydrogen-bond acceptors (Lipinski definition) is 16. The molecule has 382 valence electrons. The van der Waals surface area contributed by atoms with Crippen LogP contribution < -0.4 is 0 Å². The Balaban J connectivity index is 2.35. The van der Waals surface area contributed by atoms with Crippen molar-refractivity contribution in [1.29, 1.82) is 0 Å². The van der Waals surface area contributed by atoms with E-state index in [1.807, 2.05) is 48.7 Å². The molecule has 0 bridgehead atoms. The van der Waals surface area contributed by atoms with E-state index in [0.29, 0.717) is 12.1 Å². The summed E-state index contributed by atoms with van der Waals surface area (Å²) in [5.41, 5.74) is -4.12. The molecule has 0 radical (unpaired) electrons. The van der Waals surface area contributed by atoms with Crippen LogP contribution in [0.4, 0.5) is 0 Å². The van der Waals surface area contributed by atoms with Crippen LogP contribution in [0, 0.1) is 23.7 Å². The van der Waals surface area contributed by atoms with Gasteiger partial charge in [0.05, 0.1) is 59.5 Å². The highest BCUT2D eigenvalue weighted by Crippen LogP contribution is 2.42. The van der Waals surface area contributed by atoms with E-state index in [4.69, 9.17) is 46.8 Å². The van der Waals surface area contributed by atoms with Gasteiger partial charge in [0.2, 0.25) is 5.79 Å². The molecule has 3 fully saturated rings. The molecule has 0 saturated carbocycles. The number of hydrogen-bond donors (Lipinski definition) is 3. The van der Waals surface area contributed by atoms with Gasteiger partial charge in [0.25, 0.3) is 0 Å². The lowest BCUT2D eigenvalue weighted by Crippen LogP contribution is -2.62. The Morgan fingerprint density at radius 2 is 1.43 bits per heavy atom. The van der Waals surface area contributed by atoms with Crippen LogP contribution in [0.5, 0.6) is 0 Å². The normalized spacial score (nSPS) is 43.0. The number of carbonyl (C=O) groups is 1. The van der Waals surface area contributed by atoms with Crippen LogP contribution >= 0.6 is 0 Å². The Kier molecular flexibility index (Phi) is 20.0. The molecule has 0 aromatic carbocycles. The van der Waals surface area contributed by atoms with Crippen molar-refractivity contribution in [2.24, 2.45) is 28.8 Å². The Hall–Kier alpha value is -1.11. The van der Waals surface area contributed by atoms with Gasteiger partial charge in [-0.1, -0.05) is 32.9 Å².